The van der Waals surface area contributed by atoms with Gasteiger partial charge in [-0.05, 0) is 53.9 Å². The van der Waals surface area contributed by atoms with E-state index >= 15 is 0 Å². The Balaban J connectivity index is 0.00000387. The Hall–Kier alpha value is -3.90. The summed E-state index contributed by atoms with van der Waals surface area (Å²) in [5, 5.41) is 3.18. The third-order valence-electron chi connectivity index (χ3n) is 6.64. The van der Waals surface area contributed by atoms with Crippen molar-refractivity contribution in [1.82, 2.24) is 4.90 Å². The van der Waals surface area contributed by atoms with Gasteiger partial charge in [-0.1, -0.05) is 42.5 Å². The Morgan fingerprint density at radius 3 is 2.37 bits per heavy atom. The number of halogens is 1. The van der Waals surface area contributed by atoms with E-state index in [1.807, 2.05) is 18.2 Å². The van der Waals surface area contributed by atoms with Crippen LogP contribution in [0.15, 0.2) is 83.8 Å². The molecule has 2 amide bonds. The summed E-state index contributed by atoms with van der Waals surface area (Å²) in [5.74, 6) is -0.654. The summed E-state index contributed by atoms with van der Waals surface area (Å²) in [6.07, 6.45) is 0.630. The second kappa shape index (κ2) is 12.7. The van der Waals surface area contributed by atoms with Gasteiger partial charge in [0, 0.05) is 24.5 Å². The number of benzene rings is 3. The lowest BCUT2D eigenvalue weighted by Gasteiger charge is -2.27. The van der Waals surface area contributed by atoms with Crippen molar-refractivity contribution in [3.63, 3.8) is 0 Å². The van der Waals surface area contributed by atoms with Gasteiger partial charge in [0.05, 0.1) is 28.8 Å². The number of primary amides is 1. The van der Waals surface area contributed by atoms with Gasteiger partial charge in [0.1, 0.15) is 10.8 Å². The molecule has 0 saturated heterocycles. The Labute approximate surface area is 248 Å². The number of nitrogens with one attached hydrogen (secondary N) is 2. The van der Waals surface area contributed by atoms with Crippen LogP contribution in [0.1, 0.15) is 36.7 Å². The Morgan fingerprint density at radius 2 is 1.68 bits per heavy atom. The number of nitrogens with zero attached hydrogens (tertiary/aromatic N) is 1. The van der Waals surface area contributed by atoms with Gasteiger partial charge in [-0.25, -0.2) is 8.42 Å². The number of methoxy groups -OCH3 is 1. The molecule has 5 rings (SSSR count). The molecule has 41 heavy (non-hydrogen) atoms. The minimum absolute atomic E-state index is 0. The molecule has 2 heterocycles. The predicted octanol–water partition coefficient (Wildman–Crippen LogP) is 4.89. The monoisotopic (exact) mass is 612 g/mol. The van der Waals surface area contributed by atoms with E-state index in [0.717, 1.165) is 23.5 Å². The van der Waals surface area contributed by atoms with Crippen molar-refractivity contribution < 1.29 is 22.7 Å². The fourth-order valence-electron chi connectivity index (χ4n) is 4.68. The average molecular weight is 613 g/mol. The maximum Gasteiger partial charge on any atom is 0.261 e. The first-order chi connectivity index (χ1) is 19.2. The minimum Gasteiger partial charge on any atom is -0.497 e. The highest BCUT2D eigenvalue weighted by atomic mass is 35.5. The van der Waals surface area contributed by atoms with E-state index in [1.54, 1.807) is 12.1 Å². The van der Waals surface area contributed by atoms with Crippen molar-refractivity contribution in [1.29, 1.82) is 0 Å². The van der Waals surface area contributed by atoms with Crippen LogP contribution in [-0.4, -0.2) is 38.8 Å². The SMILES string of the molecule is COc1ccc(S(=O)(=O)Nc2ccccc2C(=O)Nc2sc3c(c2C(N)=O)CCN(Cc2ccccc2)C3)cc1.Cl. The number of hydrogen-bond acceptors (Lipinski definition) is 7. The number of para-hydroxylation sites is 1. The van der Waals surface area contributed by atoms with Crippen LogP contribution in [0.25, 0.3) is 0 Å². The van der Waals surface area contributed by atoms with Gasteiger partial charge in [-0.15, -0.1) is 23.7 Å². The zero-order valence-electron chi connectivity index (χ0n) is 22.1. The summed E-state index contributed by atoms with van der Waals surface area (Å²) < 4.78 is 33.6. The molecule has 1 aliphatic heterocycles. The van der Waals surface area contributed by atoms with E-state index < -0.39 is 21.8 Å². The fourth-order valence-corrected chi connectivity index (χ4v) is 7.05. The second-order valence-corrected chi connectivity index (χ2v) is 12.1. The highest BCUT2D eigenvalue weighted by Gasteiger charge is 2.28. The number of anilines is 2. The van der Waals surface area contributed by atoms with Crippen molar-refractivity contribution in [2.75, 3.05) is 23.7 Å². The molecule has 0 aliphatic carbocycles. The van der Waals surface area contributed by atoms with E-state index in [1.165, 1.54) is 60.4 Å². The van der Waals surface area contributed by atoms with E-state index in [4.69, 9.17) is 10.5 Å². The molecule has 4 aromatic rings. The molecule has 214 valence electrons. The molecule has 0 spiro atoms. The lowest BCUT2D eigenvalue weighted by atomic mass is 10.0. The molecule has 0 radical (unpaired) electrons. The smallest absolute Gasteiger partial charge is 0.261 e. The summed E-state index contributed by atoms with van der Waals surface area (Å²) >= 11 is 1.32. The number of amides is 2. The molecule has 9 nitrogen and oxygen atoms in total. The normalized spacial score (nSPS) is 13.0. The summed E-state index contributed by atoms with van der Waals surface area (Å²) in [7, 11) is -2.49. The first kappa shape index (κ1) is 30.1. The van der Waals surface area contributed by atoms with Crippen molar-refractivity contribution in [2.45, 2.75) is 24.4 Å². The number of nitrogens with two attached hydrogens (primary N) is 1. The Kier molecular flexibility index (Phi) is 9.34. The highest BCUT2D eigenvalue weighted by molar-refractivity contribution is 7.92. The molecule has 0 saturated carbocycles. The summed E-state index contributed by atoms with van der Waals surface area (Å²) in [5.41, 5.74) is 8.32. The molecule has 0 unspecified atom stereocenters. The third kappa shape index (κ3) is 6.71. The van der Waals surface area contributed by atoms with Crippen LogP contribution in [0.3, 0.4) is 0 Å². The topological polar surface area (TPSA) is 131 Å². The molecule has 3 aromatic carbocycles. The fraction of sp³-hybridized carbons (Fsp3) is 0.172. The van der Waals surface area contributed by atoms with Gasteiger partial charge < -0.3 is 15.8 Å². The number of carbonyl (C=O) groups excluding carboxylic acids is 2. The number of fused-ring (bicyclic) bond motifs is 1. The summed E-state index contributed by atoms with van der Waals surface area (Å²) in [6.45, 7) is 2.15. The standard InChI is InChI=1S/C29H28N4O5S2.ClH/c1-38-20-11-13-21(14-12-20)40(36,37)32-24-10-6-5-9-22(24)28(35)31-29-26(27(30)34)23-15-16-33(18-25(23)39-29)17-19-7-3-2-4-8-19;/h2-14,32H,15-18H2,1H3,(H2,30,34)(H,31,35);1H. The van der Waals surface area contributed by atoms with Crippen LogP contribution in [0, 0.1) is 0 Å². The van der Waals surface area contributed by atoms with Gasteiger partial charge in [0.2, 0.25) is 0 Å². The van der Waals surface area contributed by atoms with Gasteiger partial charge in [-0.2, -0.15) is 0 Å². The van der Waals surface area contributed by atoms with Crippen LogP contribution < -0.4 is 20.5 Å². The molecule has 4 N–H and O–H groups in total. The van der Waals surface area contributed by atoms with Gasteiger partial charge in [0.25, 0.3) is 21.8 Å². The summed E-state index contributed by atoms with van der Waals surface area (Å²) in [4.78, 5) is 29.2. The van der Waals surface area contributed by atoms with Crippen molar-refractivity contribution in [2.24, 2.45) is 5.73 Å². The lowest BCUT2D eigenvalue weighted by Crippen LogP contribution is -2.30. The molecule has 1 aliphatic rings. The Bertz CT molecular complexity index is 1660. The van der Waals surface area contributed by atoms with E-state index in [9.17, 15) is 18.0 Å². The number of thiophene rings is 1. The zero-order chi connectivity index (χ0) is 28.3. The van der Waals surface area contributed by atoms with Crippen molar-refractivity contribution >= 4 is 56.3 Å². The van der Waals surface area contributed by atoms with Crippen LogP contribution in [0.5, 0.6) is 5.75 Å². The molecule has 12 heteroatoms. The molecule has 0 fully saturated rings. The van der Waals surface area contributed by atoms with Crippen LogP contribution in [-0.2, 0) is 29.5 Å². The second-order valence-electron chi connectivity index (χ2n) is 9.30. The molecule has 1 aromatic heterocycles. The lowest BCUT2D eigenvalue weighted by molar-refractivity contribution is 0.0999. The third-order valence-corrected chi connectivity index (χ3v) is 9.16. The van der Waals surface area contributed by atoms with Crippen LogP contribution in [0.4, 0.5) is 10.7 Å². The van der Waals surface area contributed by atoms with E-state index in [0.29, 0.717) is 29.3 Å². The van der Waals surface area contributed by atoms with Gasteiger partial charge in [0.15, 0.2) is 0 Å². The van der Waals surface area contributed by atoms with Crippen LogP contribution >= 0.6 is 23.7 Å². The first-order valence-electron chi connectivity index (χ1n) is 12.5. The summed E-state index contributed by atoms with van der Waals surface area (Å²) in [6, 6.07) is 22.3. The van der Waals surface area contributed by atoms with Gasteiger partial charge in [-0.3, -0.25) is 19.2 Å². The number of hydrogen-bond donors (Lipinski definition) is 3. The van der Waals surface area contributed by atoms with Crippen molar-refractivity contribution in [3.05, 3.63) is 106 Å². The van der Waals surface area contributed by atoms with Gasteiger partial charge >= 0.3 is 0 Å². The predicted molar refractivity (Wildman–Crippen MR) is 163 cm³/mol. The minimum atomic E-state index is -3.99. The first-order valence-corrected chi connectivity index (χ1v) is 14.8. The molecule has 0 atom stereocenters. The zero-order valence-corrected chi connectivity index (χ0v) is 24.6. The maximum absolute atomic E-state index is 13.4. The average Bonchev–Trinajstić information content (AvgIpc) is 3.31. The van der Waals surface area contributed by atoms with E-state index in [-0.39, 0.29) is 28.6 Å². The Morgan fingerprint density at radius 1 is 1.00 bits per heavy atom. The molecule has 0 bridgehead atoms. The number of sulfonamides is 1. The van der Waals surface area contributed by atoms with Crippen molar-refractivity contribution in [3.8, 4) is 5.75 Å². The maximum atomic E-state index is 13.4. The van der Waals surface area contributed by atoms with Crippen LogP contribution in [0.2, 0.25) is 0 Å². The highest BCUT2D eigenvalue weighted by Crippen LogP contribution is 2.38. The largest absolute Gasteiger partial charge is 0.497 e. The molecular weight excluding hydrogens is 584 g/mol. The number of carbonyl (C=O) groups is 2. The number of rotatable bonds is 9. The quantitative estimate of drug-likeness (QED) is 0.247. The number of ether oxygens (including phenoxy) is 1. The van der Waals surface area contributed by atoms with E-state index in [2.05, 4.69) is 27.1 Å². The molecular formula is C29H29ClN4O5S2.